The lowest BCUT2D eigenvalue weighted by molar-refractivity contribution is -0.117. The predicted molar refractivity (Wildman–Crippen MR) is 100 cm³/mol. The Kier molecular flexibility index (Phi) is 5.75. The summed E-state index contributed by atoms with van der Waals surface area (Å²) in [5.74, 6) is -0.292. The van der Waals surface area contributed by atoms with E-state index in [1.807, 2.05) is 0 Å². The van der Waals surface area contributed by atoms with Gasteiger partial charge in [0.1, 0.15) is 18.0 Å². The average Bonchev–Trinajstić information content (AvgIpc) is 3.18. The smallest absolute Gasteiger partial charge is 0.274 e. The van der Waals surface area contributed by atoms with Gasteiger partial charge in [-0.05, 0) is 37.1 Å². The van der Waals surface area contributed by atoms with Gasteiger partial charge in [-0.15, -0.1) is 0 Å². The molecule has 1 fully saturated rings. The number of hydrogen-bond donors (Lipinski definition) is 1. The van der Waals surface area contributed by atoms with Gasteiger partial charge in [-0.1, -0.05) is 11.6 Å². The fourth-order valence-corrected chi connectivity index (χ4v) is 3.03. The first-order chi connectivity index (χ1) is 13.0. The lowest BCUT2D eigenvalue weighted by Gasteiger charge is -2.15. The standard InChI is InChI=1S/C18H19ClN4O4/c1-27-15-6-4-12(19)10-14(15)20-16(24)11-23-17(25)7-5-13(21-23)18(26)22-8-2-3-9-22/h4-7,10H,2-3,8-9,11H2,1H3,(H,20,24). The van der Waals surface area contributed by atoms with Crippen molar-refractivity contribution >= 4 is 29.1 Å². The summed E-state index contributed by atoms with van der Waals surface area (Å²) in [6.07, 6.45) is 1.91. The highest BCUT2D eigenvalue weighted by Gasteiger charge is 2.21. The van der Waals surface area contributed by atoms with Crippen LogP contribution in [0.4, 0.5) is 5.69 Å². The van der Waals surface area contributed by atoms with Crippen LogP contribution in [-0.4, -0.2) is 46.7 Å². The van der Waals surface area contributed by atoms with Gasteiger partial charge in [-0.25, -0.2) is 4.68 Å². The lowest BCUT2D eigenvalue weighted by Crippen LogP contribution is -2.34. The Morgan fingerprint density at radius 1 is 1.22 bits per heavy atom. The van der Waals surface area contributed by atoms with Crippen molar-refractivity contribution in [2.75, 3.05) is 25.5 Å². The van der Waals surface area contributed by atoms with Crippen LogP contribution < -0.4 is 15.6 Å². The average molecular weight is 391 g/mol. The maximum atomic E-state index is 12.4. The number of carbonyl (C=O) groups excluding carboxylic acids is 2. The molecule has 27 heavy (non-hydrogen) atoms. The van der Waals surface area contributed by atoms with Crippen LogP contribution in [0, 0.1) is 0 Å². The van der Waals surface area contributed by atoms with Crippen LogP contribution in [0.15, 0.2) is 35.1 Å². The molecule has 2 amide bonds. The molecule has 0 saturated carbocycles. The minimum Gasteiger partial charge on any atom is -0.495 e. The van der Waals surface area contributed by atoms with Gasteiger partial charge in [0.05, 0.1) is 12.8 Å². The van der Waals surface area contributed by atoms with Crippen molar-refractivity contribution in [3.8, 4) is 5.75 Å². The number of anilines is 1. The van der Waals surface area contributed by atoms with E-state index in [2.05, 4.69) is 10.4 Å². The zero-order valence-electron chi connectivity index (χ0n) is 14.8. The zero-order chi connectivity index (χ0) is 19.4. The number of nitrogens with one attached hydrogen (secondary N) is 1. The number of methoxy groups -OCH3 is 1. The molecule has 1 aliphatic heterocycles. The first kappa shape index (κ1) is 18.9. The molecule has 2 heterocycles. The third-order valence-electron chi connectivity index (χ3n) is 4.21. The molecule has 0 radical (unpaired) electrons. The Morgan fingerprint density at radius 3 is 2.67 bits per heavy atom. The first-order valence-electron chi connectivity index (χ1n) is 8.49. The topological polar surface area (TPSA) is 93.5 Å². The number of amides is 2. The van der Waals surface area contributed by atoms with E-state index in [-0.39, 0.29) is 18.1 Å². The summed E-state index contributed by atoms with van der Waals surface area (Å²) >= 11 is 5.94. The van der Waals surface area contributed by atoms with Crippen LogP contribution in [0.25, 0.3) is 0 Å². The molecular formula is C18H19ClN4O4. The van der Waals surface area contributed by atoms with Crippen LogP contribution >= 0.6 is 11.6 Å². The molecular weight excluding hydrogens is 372 g/mol. The SMILES string of the molecule is COc1ccc(Cl)cc1NC(=O)Cn1nc(C(=O)N2CCCC2)ccc1=O. The quantitative estimate of drug-likeness (QED) is 0.839. The highest BCUT2D eigenvalue weighted by Crippen LogP contribution is 2.27. The second-order valence-corrected chi connectivity index (χ2v) is 6.54. The molecule has 2 aromatic rings. The third-order valence-corrected chi connectivity index (χ3v) is 4.44. The molecule has 3 rings (SSSR count). The molecule has 0 unspecified atom stereocenters. The molecule has 1 saturated heterocycles. The van der Waals surface area contributed by atoms with Crippen LogP contribution in [0.3, 0.4) is 0 Å². The summed E-state index contributed by atoms with van der Waals surface area (Å²) in [7, 11) is 1.47. The van der Waals surface area contributed by atoms with E-state index in [9.17, 15) is 14.4 Å². The van der Waals surface area contributed by atoms with E-state index in [4.69, 9.17) is 16.3 Å². The Bertz CT molecular complexity index is 922. The van der Waals surface area contributed by atoms with Crippen molar-refractivity contribution < 1.29 is 14.3 Å². The van der Waals surface area contributed by atoms with Gasteiger partial charge >= 0.3 is 0 Å². The molecule has 142 valence electrons. The Labute approximate surface area is 160 Å². The summed E-state index contributed by atoms with van der Waals surface area (Å²) in [6, 6.07) is 7.43. The van der Waals surface area contributed by atoms with Gasteiger partial charge in [0, 0.05) is 24.2 Å². The second kappa shape index (κ2) is 8.22. The number of hydrogen-bond acceptors (Lipinski definition) is 5. The molecule has 0 spiro atoms. The third kappa shape index (κ3) is 4.46. The number of rotatable bonds is 5. The largest absolute Gasteiger partial charge is 0.495 e. The molecule has 0 bridgehead atoms. The summed E-state index contributed by atoms with van der Waals surface area (Å²) in [5.41, 5.74) is 0.0539. The van der Waals surface area contributed by atoms with E-state index >= 15 is 0 Å². The highest BCUT2D eigenvalue weighted by molar-refractivity contribution is 6.31. The molecule has 0 aliphatic carbocycles. The predicted octanol–water partition coefficient (Wildman–Crippen LogP) is 1.78. The number of ether oxygens (including phenoxy) is 1. The highest BCUT2D eigenvalue weighted by atomic mass is 35.5. The molecule has 1 N–H and O–H groups in total. The van der Waals surface area contributed by atoms with Crippen molar-refractivity contribution in [3.63, 3.8) is 0 Å². The minimum atomic E-state index is -0.490. The Hall–Kier alpha value is -2.87. The van der Waals surface area contributed by atoms with E-state index < -0.39 is 11.5 Å². The van der Waals surface area contributed by atoms with E-state index in [0.717, 1.165) is 17.5 Å². The number of carbonyl (C=O) groups is 2. The van der Waals surface area contributed by atoms with Crippen LogP contribution in [-0.2, 0) is 11.3 Å². The van der Waals surface area contributed by atoms with Gasteiger partial charge in [0.15, 0.2) is 0 Å². The number of likely N-dealkylation sites (tertiary alicyclic amines) is 1. The van der Waals surface area contributed by atoms with Crippen molar-refractivity contribution in [1.82, 2.24) is 14.7 Å². The zero-order valence-corrected chi connectivity index (χ0v) is 15.5. The van der Waals surface area contributed by atoms with Crippen LogP contribution in [0.1, 0.15) is 23.3 Å². The van der Waals surface area contributed by atoms with Crippen molar-refractivity contribution in [2.24, 2.45) is 0 Å². The fraction of sp³-hybridized carbons (Fsp3) is 0.333. The maximum absolute atomic E-state index is 12.4. The Morgan fingerprint density at radius 2 is 1.96 bits per heavy atom. The van der Waals surface area contributed by atoms with Gasteiger partial charge in [-0.3, -0.25) is 14.4 Å². The second-order valence-electron chi connectivity index (χ2n) is 6.11. The molecule has 1 aromatic heterocycles. The normalized spacial score (nSPS) is 13.5. The molecule has 1 aliphatic rings. The van der Waals surface area contributed by atoms with Crippen LogP contribution in [0.2, 0.25) is 5.02 Å². The monoisotopic (exact) mass is 390 g/mol. The van der Waals surface area contributed by atoms with E-state index in [1.54, 1.807) is 23.1 Å². The lowest BCUT2D eigenvalue weighted by atomic mass is 10.3. The summed E-state index contributed by atoms with van der Waals surface area (Å²) in [6.45, 7) is 1.01. The number of aromatic nitrogens is 2. The summed E-state index contributed by atoms with van der Waals surface area (Å²) in [5, 5.41) is 7.12. The van der Waals surface area contributed by atoms with Gasteiger partial charge in [0.2, 0.25) is 5.91 Å². The van der Waals surface area contributed by atoms with Gasteiger partial charge < -0.3 is 15.0 Å². The number of benzene rings is 1. The van der Waals surface area contributed by atoms with Crippen molar-refractivity contribution in [2.45, 2.75) is 19.4 Å². The van der Waals surface area contributed by atoms with Gasteiger partial charge in [0.25, 0.3) is 11.5 Å². The van der Waals surface area contributed by atoms with Crippen LogP contribution in [0.5, 0.6) is 5.75 Å². The first-order valence-corrected chi connectivity index (χ1v) is 8.86. The Balaban J connectivity index is 1.76. The summed E-state index contributed by atoms with van der Waals surface area (Å²) < 4.78 is 6.14. The summed E-state index contributed by atoms with van der Waals surface area (Å²) in [4.78, 5) is 38.5. The van der Waals surface area contributed by atoms with Crippen molar-refractivity contribution in [3.05, 3.63) is 51.4 Å². The number of nitrogens with zero attached hydrogens (tertiary/aromatic N) is 3. The molecule has 1 aromatic carbocycles. The van der Waals surface area contributed by atoms with Gasteiger partial charge in [-0.2, -0.15) is 5.10 Å². The van der Waals surface area contributed by atoms with Crippen molar-refractivity contribution in [1.29, 1.82) is 0 Å². The van der Waals surface area contributed by atoms with E-state index in [1.165, 1.54) is 19.2 Å². The molecule has 0 atom stereocenters. The molecule has 9 heteroatoms. The maximum Gasteiger partial charge on any atom is 0.274 e. The number of halogens is 1. The fourth-order valence-electron chi connectivity index (χ4n) is 2.86. The minimum absolute atomic E-state index is 0.143. The van der Waals surface area contributed by atoms with E-state index in [0.29, 0.717) is 29.5 Å². The molecule has 8 nitrogen and oxygen atoms in total.